The monoisotopic (exact) mass is 357 g/mol. The molecule has 4 atom stereocenters. The molecule has 4 heteroatoms. The number of carboxylic acid groups (broad SMARTS) is 1. The van der Waals surface area contributed by atoms with Gasteiger partial charge in [-0.25, -0.2) is 4.79 Å². The summed E-state index contributed by atoms with van der Waals surface area (Å²) in [7, 11) is 0. The first-order valence-corrected chi connectivity index (χ1v) is 9.72. The van der Waals surface area contributed by atoms with Crippen LogP contribution in [0.5, 0.6) is 0 Å². The zero-order valence-corrected chi connectivity index (χ0v) is 16.1. The Labute approximate surface area is 157 Å². The second-order valence-electron chi connectivity index (χ2n) is 7.01. The standard InChI is InChI=1S/C22H31NO3/c1-4-7-11-17-16-19(23(5-2)6-3)14-15-20(17)22(26,21(24)25)18-12-9-8-10-13-18/h8-10,12-13,17,19-20,26H,4-6,14-16H2,1-3H3,(H,24,25). The number of aliphatic hydroxyl groups is 1. The third-order valence-corrected chi connectivity index (χ3v) is 5.69. The molecule has 0 radical (unpaired) electrons. The van der Waals surface area contributed by atoms with Crippen molar-refractivity contribution in [3.63, 3.8) is 0 Å². The second kappa shape index (κ2) is 9.21. The van der Waals surface area contributed by atoms with Crippen LogP contribution in [0.2, 0.25) is 0 Å². The van der Waals surface area contributed by atoms with Crippen molar-refractivity contribution in [2.75, 3.05) is 13.1 Å². The highest BCUT2D eigenvalue weighted by Gasteiger charge is 2.50. The lowest BCUT2D eigenvalue weighted by Crippen LogP contribution is -2.50. The summed E-state index contributed by atoms with van der Waals surface area (Å²) in [5.41, 5.74) is -1.45. The quantitative estimate of drug-likeness (QED) is 0.765. The highest BCUT2D eigenvalue weighted by molar-refractivity contribution is 5.79. The smallest absolute Gasteiger partial charge is 0.340 e. The van der Waals surface area contributed by atoms with Crippen molar-refractivity contribution >= 4 is 5.97 Å². The van der Waals surface area contributed by atoms with Crippen LogP contribution in [0, 0.1) is 23.7 Å². The topological polar surface area (TPSA) is 60.8 Å². The lowest BCUT2D eigenvalue weighted by molar-refractivity contribution is -0.171. The SMILES string of the molecule is CCC#CC1CC(N(CC)CC)CCC1C(O)(C(=O)O)c1ccccc1. The zero-order chi connectivity index (χ0) is 19.2. The number of carboxylic acids is 1. The van der Waals surface area contributed by atoms with Gasteiger partial charge in [0, 0.05) is 24.3 Å². The molecule has 142 valence electrons. The highest BCUT2D eigenvalue weighted by Crippen LogP contribution is 2.44. The molecular weight excluding hydrogens is 326 g/mol. The molecule has 2 N–H and O–H groups in total. The van der Waals surface area contributed by atoms with Crippen molar-refractivity contribution in [3.05, 3.63) is 35.9 Å². The minimum atomic E-state index is -1.90. The van der Waals surface area contributed by atoms with Gasteiger partial charge in [-0.2, -0.15) is 0 Å². The Morgan fingerprint density at radius 3 is 2.38 bits per heavy atom. The van der Waals surface area contributed by atoms with Crippen LogP contribution in [0.15, 0.2) is 30.3 Å². The molecule has 0 aliphatic heterocycles. The number of nitrogens with zero attached hydrogens (tertiary/aromatic N) is 1. The van der Waals surface area contributed by atoms with Gasteiger partial charge >= 0.3 is 5.97 Å². The maximum absolute atomic E-state index is 12.2. The van der Waals surface area contributed by atoms with Gasteiger partial charge in [-0.3, -0.25) is 0 Å². The number of carbonyl (C=O) groups is 1. The van der Waals surface area contributed by atoms with E-state index in [2.05, 4.69) is 30.6 Å². The van der Waals surface area contributed by atoms with Gasteiger partial charge in [-0.05, 0) is 37.9 Å². The van der Waals surface area contributed by atoms with Crippen molar-refractivity contribution in [2.45, 2.75) is 58.1 Å². The van der Waals surface area contributed by atoms with E-state index in [1.807, 2.05) is 13.0 Å². The van der Waals surface area contributed by atoms with Crippen LogP contribution in [0.25, 0.3) is 0 Å². The van der Waals surface area contributed by atoms with Crippen molar-refractivity contribution in [1.29, 1.82) is 0 Å². The Hall–Kier alpha value is -1.83. The molecule has 0 amide bonds. The van der Waals surface area contributed by atoms with Crippen LogP contribution >= 0.6 is 0 Å². The average molecular weight is 357 g/mol. The van der Waals surface area contributed by atoms with Gasteiger partial charge in [0.15, 0.2) is 5.60 Å². The summed E-state index contributed by atoms with van der Waals surface area (Å²) in [6.45, 7) is 8.25. The van der Waals surface area contributed by atoms with Crippen molar-refractivity contribution in [1.82, 2.24) is 4.90 Å². The lowest BCUT2D eigenvalue weighted by Gasteiger charge is -2.44. The molecule has 0 heterocycles. The van der Waals surface area contributed by atoms with E-state index >= 15 is 0 Å². The summed E-state index contributed by atoms with van der Waals surface area (Å²) >= 11 is 0. The second-order valence-corrected chi connectivity index (χ2v) is 7.01. The van der Waals surface area contributed by atoms with E-state index in [1.54, 1.807) is 24.3 Å². The first kappa shape index (κ1) is 20.5. The number of aliphatic carboxylic acids is 1. The Balaban J connectivity index is 2.39. The first-order chi connectivity index (χ1) is 12.5. The van der Waals surface area contributed by atoms with E-state index in [-0.39, 0.29) is 5.92 Å². The van der Waals surface area contributed by atoms with E-state index in [1.165, 1.54) is 0 Å². The number of rotatable bonds is 6. The van der Waals surface area contributed by atoms with Gasteiger partial charge in [0.05, 0.1) is 0 Å². The van der Waals surface area contributed by atoms with Crippen LogP contribution in [-0.2, 0) is 10.4 Å². The Morgan fingerprint density at radius 2 is 1.85 bits per heavy atom. The summed E-state index contributed by atoms with van der Waals surface area (Å²) in [6, 6.07) is 9.18. The fraction of sp³-hybridized carbons (Fsp3) is 0.591. The average Bonchev–Trinajstić information content (AvgIpc) is 2.67. The van der Waals surface area contributed by atoms with Crippen molar-refractivity contribution in [2.24, 2.45) is 11.8 Å². The molecule has 1 aromatic rings. The molecule has 4 nitrogen and oxygen atoms in total. The molecule has 1 aliphatic rings. The van der Waals surface area contributed by atoms with Gasteiger partial charge in [-0.15, -0.1) is 5.92 Å². The van der Waals surface area contributed by atoms with Crippen LogP contribution in [-0.4, -0.2) is 40.2 Å². The summed E-state index contributed by atoms with van der Waals surface area (Å²) in [5, 5.41) is 21.3. The molecule has 1 aromatic carbocycles. The van der Waals surface area contributed by atoms with Gasteiger partial charge in [0.1, 0.15) is 0 Å². The van der Waals surface area contributed by atoms with Crippen LogP contribution < -0.4 is 0 Å². The van der Waals surface area contributed by atoms with Gasteiger partial charge in [-0.1, -0.05) is 57.0 Å². The summed E-state index contributed by atoms with van der Waals surface area (Å²) in [6.07, 6.45) is 3.08. The van der Waals surface area contributed by atoms with Crippen LogP contribution in [0.3, 0.4) is 0 Å². The van der Waals surface area contributed by atoms with Crippen molar-refractivity contribution in [3.8, 4) is 11.8 Å². The van der Waals surface area contributed by atoms with Crippen LogP contribution in [0.1, 0.15) is 52.0 Å². The minimum absolute atomic E-state index is 0.129. The van der Waals surface area contributed by atoms with E-state index < -0.39 is 17.5 Å². The largest absolute Gasteiger partial charge is 0.479 e. The molecule has 0 saturated heterocycles. The number of hydrogen-bond acceptors (Lipinski definition) is 3. The van der Waals surface area contributed by atoms with E-state index in [0.29, 0.717) is 18.0 Å². The Morgan fingerprint density at radius 1 is 1.19 bits per heavy atom. The predicted molar refractivity (Wildman–Crippen MR) is 104 cm³/mol. The highest BCUT2D eigenvalue weighted by atomic mass is 16.4. The summed E-state index contributed by atoms with van der Waals surface area (Å²) < 4.78 is 0. The molecule has 0 aromatic heterocycles. The van der Waals surface area contributed by atoms with Crippen molar-refractivity contribution < 1.29 is 15.0 Å². The van der Waals surface area contributed by atoms with E-state index in [9.17, 15) is 15.0 Å². The lowest BCUT2D eigenvalue weighted by atomic mass is 9.66. The molecule has 1 fully saturated rings. The van der Waals surface area contributed by atoms with Gasteiger partial charge in [0.2, 0.25) is 0 Å². The fourth-order valence-corrected chi connectivity index (χ4v) is 4.30. The van der Waals surface area contributed by atoms with Gasteiger partial charge in [0.25, 0.3) is 0 Å². The normalized spacial score (nSPS) is 25.2. The molecule has 2 rings (SSSR count). The molecule has 0 bridgehead atoms. The minimum Gasteiger partial charge on any atom is -0.479 e. The molecule has 0 spiro atoms. The molecule has 26 heavy (non-hydrogen) atoms. The van der Waals surface area contributed by atoms with Crippen LogP contribution in [0.4, 0.5) is 0 Å². The third kappa shape index (κ3) is 4.11. The van der Waals surface area contributed by atoms with Gasteiger partial charge < -0.3 is 15.1 Å². The summed E-state index contributed by atoms with van der Waals surface area (Å²) in [4.78, 5) is 14.6. The summed E-state index contributed by atoms with van der Waals surface area (Å²) in [5.74, 6) is 4.70. The predicted octanol–water partition coefficient (Wildman–Crippen LogP) is 3.50. The van der Waals surface area contributed by atoms with E-state index in [4.69, 9.17) is 0 Å². The number of hydrogen-bond donors (Lipinski definition) is 2. The van der Waals surface area contributed by atoms with E-state index in [0.717, 1.165) is 32.4 Å². The first-order valence-electron chi connectivity index (χ1n) is 9.72. The third-order valence-electron chi connectivity index (χ3n) is 5.69. The molecule has 1 saturated carbocycles. The maximum Gasteiger partial charge on any atom is 0.340 e. The Bertz CT molecular complexity index is 644. The molecular formula is C22H31NO3. The molecule has 4 unspecified atom stereocenters. The maximum atomic E-state index is 12.2. The molecule has 1 aliphatic carbocycles. The number of benzene rings is 1. The fourth-order valence-electron chi connectivity index (χ4n) is 4.30. The zero-order valence-electron chi connectivity index (χ0n) is 16.1. The Kier molecular flexibility index (Phi) is 7.25.